The molecule has 0 bridgehead atoms. The van der Waals surface area contributed by atoms with Crippen molar-refractivity contribution >= 4 is 5.97 Å². The first-order chi connectivity index (χ1) is 6.16. The Morgan fingerprint density at radius 2 is 2.38 bits per heavy atom. The van der Waals surface area contributed by atoms with Crippen LogP contribution in [0.1, 0.15) is 28.2 Å². The van der Waals surface area contributed by atoms with Crippen LogP contribution in [0.25, 0.3) is 0 Å². The van der Waals surface area contributed by atoms with E-state index in [1.165, 1.54) is 0 Å². The predicted octanol–water partition coefficient (Wildman–Crippen LogP) is 0.562. The molecule has 0 aliphatic heterocycles. The number of carboxylic acids is 1. The highest BCUT2D eigenvalue weighted by molar-refractivity contribution is 5.86. The molecule has 1 heterocycles. The molecule has 1 aliphatic rings. The number of hydrogen-bond donors (Lipinski definition) is 3. The number of fused-ring (bicyclic) bond motifs is 1. The fourth-order valence-corrected chi connectivity index (χ4v) is 1.72. The van der Waals surface area contributed by atoms with Gasteiger partial charge in [0.25, 0.3) is 0 Å². The summed E-state index contributed by atoms with van der Waals surface area (Å²) in [5, 5.41) is 18.0. The molecule has 4 nitrogen and oxygen atoms in total. The molecule has 2 rings (SSSR count). The van der Waals surface area contributed by atoms with Crippen molar-refractivity contribution in [1.29, 1.82) is 0 Å². The molecule has 3 N–H and O–H groups in total. The molecule has 1 aromatic heterocycles. The van der Waals surface area contributed by atoms with Gasteiger partial charge in [-0.05, 0) is 24.5 Å². The summed E-state index contributed by atoms with van der Waals surface area (Å²) in [4.78, 5) is 13.4. The average Bonchev–Trinajstić information content (AvgIpc) is 2.46. The molecule has 4 heteroatoms. The van der Waals surface area contributed by atoms with Gasteiger partial charge in [0.05, 0.1) is 6.10 Å². The maximum absolute atomic E-state index is 10.6. The van der Waals surface area contributed by atoms with Crippen molar-refractivity contribution in [3.8, 4) is 0 Å². The van der Waals surface area contributed by atoms with E-state index in [0.717, 1.165) is 24.1 Å². The largest absolute Gasteiger partial charge is 0.477 e. The standard InChI is InChI=1S/C9H11NO3/c11-6-2-1-5-3-8(9(12)13)10-7(5)4-6/h3,6,10-11H,1-2,4H2,(H,12,13). The normalized spacial score (nSPS) is 21.2. The van der Waals surface area contributed by atoms with Gasteiger partial charge >= 0.3 is 5.97 Å². The van der Waals surface area contributed by atoms with Gasteiger partial charge < -0.3 is 15.2 Å². The SMILES string of the molecule is O=C(O)c1cc2c([nH]1)CC(O)CC2. The number of rotatable bonds is 1. The molecule has 0 fully saturated rings. The zero-order valence-corrected chi connectivity index (χ0v) is 7.08. The van der Waals surface area contributed by atoms with Crippen LogP contribution in [0.2, 0.25) is 0 Å². The summed E-state index contributed by atoms with van der Waals surface area (Å²) in [5.41, 5.74) is 2.12. The first-order valence-corrected chi connectivity index (χ1v) is 4.29. The fourth-order valence-electron chi connectivity index (χ4n) is 1.72. The Bertz CT molecular complexity index is 343. The Morgan fingerprint density at radius 1 is 1.62 bits per heavy atom. The monoisotopic (exact) mass is 181 g/mol. The zero-order valence-electron chi connectivity index (χ0n) is 7.08. The van der Waals surface area contributed by atoms with Crippen LogP contribution < -0.4 is 0 Å². The molecule has 1 aromatic rings. The van der Waals surface area contributed by atoms with E-state index in [9.17, 15) is 9.90 Å². The molecule has 13 heavy (non-hydrogen) atoms. The van der Waals surface area contributed by atoms with Gasteiger partial charge in [-0.1, -0.05) is 0 Å². The Hall–Kier alpha value is -1.29. The van der Waals surface area contributed by atoms with Crippen molar-refractivity contribution in [1.82, 2.24) is 4.98 Å². The summed E-state index contributed by atoms with van der Waals surface area (Å²) in [6.45, 7) is 0. The number of aromatic amines is 1. The number of aromatic carboxylic acids is 1. The summed E-state index contributed by atoms with van der Waals surface area (Å²) >= 11 is 0. The van der Waals surface area contributed by atoms with Crippen LogP contribution in [0.5, 0.6) is 0 Å². The third-order valence-corrected chi connectivity index (χ3v) is 2.41. The number of carbonyl (C=O) groups is 1. The van der Waals surface area contributed by atoms with E-state index in [1.54, 1.807) is 6.07 Å². The number of nitrogens with one attached hydrogen (secondary N) is 1. The summed E-state index contributed by atoms with van der Waals surface area (Å²) < 4.78 is 0. The first kappa shape index (κ1) is 8.31. The Kier molecular flexibility index (Phi) is 1.84. The summed E-state index contributed by atoms with van der Waals surface area (Å²) in [6, 6.07) is 1.66. The topological polar surface area (TPSA) is 73.3 Å². The number of aryl methyl sites for hydroxylation is 1. The number of H-pyrrole nitrogens is 1. The molecule has 0 amide bonds. The lowest BCUT2D eigenvalue weighted by molar-refractivity contribution is 0.0690. The minimum absolute atomic E-state index is 0.221. The minimum Gasteiger partial charge on any atom is -0.477 e. The number of hydrogen-bond acceptors (Lipinski definition) is 2. The van der Waals surface area contributed by atoms with Gasteiger partial charge in [-0.2, -0.15) is 0 Å². The van der Waals surface area contributed by atoms with Crippen LogP contribution >= 0.6 is 0 Å². The molecule has 0 saturated carbocycles. The second-order valence-corrected chi connectivity index (χ2v) is 3.39. The van der Waals surface area contributed by atoms with Crippen LogP contribution in [-0.2, 0) is 12.8 Å². The van der Waals surface area contributed by atoms with Crippen LogP contribution in [0.15, 0.2) is 6.07 Å². The maximum atomic E-state index is 10.6. The second-order valence-electron chi connectivity index (χ2n) is 3.39. The van der Waals surface area contributed by atoms with Crippen molar-refractivity contribution in [2.45, 2.75) is 25.4 Å². The molecule has 1 aliphatic carbocycles. The van der Waals surface area contributed by atoms with Gasteiger partial charge in [-0.3, -0.25) is 0 Å². The van der Waals surface area contributed by atoms with Crippen molar-refractivity contribution in [3.63, 3.8) is 0 Å². The molecule has 70 valence electrons. The quantitative estimate of drug-likeness (QED) is 0.592. The third-order valence-electron chi connectivity index (χ3n) is 2.41. The maximum Gasteiger partial charge on any atom is 0.352 e. The van der Waals surface area contributed by atoms with Gasteiger partial charge in [0.1, 0.15) is 5.69 Å². The van der Waals surface area contributed by atoms with Crippen molar-refractivity contribution in [2.75, 3.05) is 0 Å². The number of carboxylic acid groups (broad SMARTS) is 1. The molecule has 1 atom stereocenters. The highest BCUT2D eigenvalue weighted by atomic mass is 16.4. The van der Waals surface area contributed by atoms with Gasteiger partial charge in [0, 0.05) is 12.1 Å². The van der Waals surface area contributed by atoms with E-state index in [2.05, 4.69) is 4.98 Å². The van der Waals surface area contributed by atoms with Gasteiger partial charge in [0.2, 0.25) is 0 Å². The lowest BCUT2D eigenvalue weighted by atomic mass is 9.96. The molecular formula is C9H11NO3. The minimum atomic E-state index is -0.941. The Labute approximate surface area is 75.2 Å². The second kappa shape index (κ2) is 2.88. The molecule has 0 aromatic carbocycles. The average molecular weight is 181 g/mol. The summed E-state index contributed by atoms with van der Waals surface area (Å²) in [7, 11) is 0. The first-order valence-electron chi connectivity index (χ1n) is 4.29. The zero-order chi connectivity index (χ0) is 9.42. The lowest BCUT2D eigenvalue weighted by Gasteiger charge is -2.16. The smallest absolute Gasteiger partial charge is 0.352 e. The van der Waals surface area contributed by atoms with E-state index >= 15 is 0 Å². The predicted molar refractivity (Wildman–Crippen MR) is 45.8 cm³/mol. The van der Waals surface area contributed by atoms with Crippen molar-refractivity contribution in [3.05, 3.63) is 23.0 Å². The molecule has 1 unspecified atom stereocenters. The van der Waals surface area contributed by atoms with Crippen molar-refractivity contribution < 1.29 is 15.0 Å². The van der Waals surface area contributed by atoms with Crippen LogP contribution in [0.4, 0.5) is 0 Å². The van der Waals surface area contributed by atoms with Crippen LogP contribution in [0.3, 0.4) is 0 Å². The van der Waals surface area contributed by atoms with E-state index in [4.69, 9.17) is 5.11 Å². The van der Waals surface area contributed by atoms with E-state index in [0.29, 0.717) is 6.42 Å². The summed E-state index contributed by atoms with van der Waals surface area (Å²) in [6.07, 6.45) is 1.71. The fraction of sp³-hybridized carbons (Fsp3) is 0.444. The van der Waals surface area contributed by atoms with Crippen LogP contribution in [-0.4, -0.2) is 27.3 Å². The third kappa shape index (κ3) is 1.45. The number of aliphatic hydroxyl groups excluding tert-OH is 1. The van der Waals surface area contributed by atoms with E-state index in [-0.39, 0.29) is 11.8 Å². The number of aromatic nitrogens is 1. The Morgan fingerprint density at radius 3 is 3.08 bits per heavy atom. The van der Waals surface area contributed by atoms with E-state index < -0.39 is 5.97 Å². The highest BCUT2D eigenvalue weighted by Gasteiger charge is 2.20. The van der Waals surface area contributed by atoms with Gasteiger partial charge in [-0.15, -0.1) is 0 Å². The molecular weight excluding hydrogens is 170 g/mol. The molecule has 0 radical (unpaired) electrons. The molecule has 0 spiro atoms. The highest BCUT2D eigenvalue weighted by Crippen LogP contribution is 2.21. The number of aliphatic hydroxyl groups is 1. The molecule has 0 saturated heterocycles. The van der Waals surface area contributed by atoms with E-state index in [1.807, 2.05) is 0 Å². The van der Waals surface area contributed by atoms with Gasteiger partial charge in [-0.25, -0.2) is 4.79 Å². The Balaban J connectivity index is 2.33. The van der Waals surface area contributed by atoms with Crippen LogP contribution in [0, 0.1) is 0 Å². The lowest BCUT2D eigenvalue weighted by Crippen LogP contribution is -2.17. The van der Waals surface area contributed by atoms with Crippen molar-refractivity contribution in [2.24, 2.45) is 0 Å². The van der Waals surface area contributed by atoms with Gasteiger partial charge in [0.15, 0.2) is 0 Å². The summed E-state index contributed by atoms with van der Waals surface area (Å²) in [5.74, 6) is -0.941.